The zero-order valence-electron chi connectivity index (χ0n) is 26.1. The minimum atomic E-state index is -5.14. The minimum absolute atomic E-state index is 0.0164. The average Bonchev–Trinajstić information content (AvgIpc) is 3.47. The average molecular weight is 794 g/mol. The SMILES string of the molecule is Nc1nc(-c2ccc3ccccc3c2)c(N=Nc2ccc3cc(SNc4cc(S(=O)(=O)O)c5cc(S(=O)(=O)O)cc(S(=O)(=O)O)c5c4)ccc3c2)s1. The molecule has 1 aromatic heterocycles. The van der Waals surface area contributed by atoms with Gasteiger partial charge in [0, 0.05) is 26.9 Å². The molecule has 0 aliphatic carbocycles. The van der Waals surface area contributed by atoms with E-state index in [1.807, 2.05) is 66.7 Å². The van der Waals surface area contributed by atoms with Crippen LogP contribution in [-0.4, -0.2) is 43.9 Å². The molecule has 0 aliphatic rings. The molecule has 0 aliphatic heterocycles. The van der Waals surface area contributed by atoms with E-state index in [2.05, 4.69) is 19.9 Å². The highest BCUT2D eigenvalue weighted by atomic mass is 32.2. The van der Waals surface area contributed by atoms with Crippen molar-refractivity contribution in [1.29, 1.82) is 0 Å². The Bertz CT molecular complexity index is 2970. The second kappa shape index (κ2) is 13.2. The third-order valence-electron chi connectivity index (χ3n) is 7.81. The second-order valence-corrected chi connectivity index (χ2v) is 17.4. The van der Waals surface area contributed by atoms with E-state index in [4.69, 9.17) is 5.73 Å². The first-order chi connectivity index (χ1) is 24.5. The van der Waals surface area contributed by atoms with Crippen LogP contribution in [0.3, 0.4) is 0 Å². The number of benzene rings is 6. The van der Waals surface area contributed by atoms with Crippen molar-refractivity contribution in [2.75, 3.05) is 10.5 Å². The molecule has 0 bridgehead atoms. The molecule has 264 valence electrons. The lowest BCUT2D eigenvalue weighted by atomic mass is 10.1. The Hall–Kier alpha value is -4.99. The summed E-state index contributed by atoms with van der Waals surface area (Å²) in [6.07, 6.45) is 0. The van der Waals surface area contributed by atoms with E-state index < -0.39 is 55.8 Å². The molecule has 14 nitrogen and oxygen atoms in total. The molecule has 0 radical (unpaired) electrons. The van der Waals surface area contributed by atoms with Gasteiger partial charge in [-0.1, -0.05) is 59.9 Å². The molecule has 0 spiro atoms. The van der Waals surface area contributed by atoms with Crippen LogP contribution in [0.4, 0.5) is 21.5 Å². The Labute approximate surface area is 304 Å². The summed E-state index contributed by atoms with van der Waals surface area (Å²) in [5, 5.41) is 12.6. The Kier molecular flexibility index (Phi) is 8.99. The van der Waals surface area contributed by atoms with Crippen molar-refractivity contribution in [2.24, 2.45) is 10.2 Å². The maximum Gasteiger partial charge on any atom is 0.295 e. The summed E-state index contributed by atoms with van der Waals surface area (Å²) in [6, 6.07) is 28.1. The van der Waals surface area contributed by atoms with Crippen molar-refractivity contribution in [1.82, 2.24) is 4.98 Å². The van der Waals surface area contributed by atoms with E-state index >= 15 is 0 Å². The molecule has 0 amide bonds. The molecule has 1 heterocycles. The van der Waals surface area contributed by atoms with Gasteiger partial charge in [0.1, 0.15) is 15.5 Å². The largest absolute Gasteiger partial charge is 0.375 e. The Morgan fingerprint density at radius 3 is 2.02 bits per heavy atom. The van der Waals surface area contributed by atoms with E-state index in [1.165, 1.54) is 11.3 Å². The van der Waals surface area contributed by atoms with Crippen LogP contribution in [-0.2, 0) is 30.4 Å². The fourth-order valence-electron chi connectivity index (χ4n) is 5.48. The van der Waals surface area contributed by atoms with Crippen LogP contribution in [0.15, 0.2) is 133 Å². The third-order valence-corrected chi connectivity index (χ3v) is 12.0. The fourth-order valence-corrected chi connectivity index (χ4v) is 8.89. The first-order valence-corrected chi connectivity index (χ1v) is 20.7. The number of anilines is 2. The number of rotatable bonds is 9. The number of nitrogens with zero attached hydrogens (tertiary/aromatic N) is 3. The number of thiazole rings is 1. The number of nitrogens with one attached hydrogen (secondary N) is 1. The first-order valence-electron chi connectivity index (χ1n) is 14.7. The second-order valence-electron chi connectivity index (χ2n) is 11.3. The molecular formula is C33H23N5O9S5. The van der Waals surface area contributed by atoms with E-state index in [9.17, 15) is 38.9 Å². The van der Waals surface area contributed by atoms with Crippen LogP contribution < -0.4 is 10.5 Å². The number of hydrogen-bond acceptors (Lipinski definition) is 13. The van der Waals surface area contributed by atoms with Crippen LogP contribution >= 0.6 is 23.3 Å². The Balaban J connectivity index is 1.15. The smallest absolute Gasteiger partial charge is 0.295 e. The lowest BCUT2D eigenvalue weighted by Gasteiger charge is -2.13. The van der Waals surface area contributed by atoms with Crippen molar-refractivity contribution in [3.05, 3.63) is 103 Å². The molecule has 0 saturated heterocycles. The van der Waals surface area contributed by atoms with Gasteiger partial charge in [0.2, 0.25) is 0 Å². The molecule has 7 rings (SSSR count). The molecule has 0 saturated carbocycles. The maximum atomic E-state index is 12.3. The monoisotopic (exact) mass is 793 g/mol. The first kappa shape index (κ1) is 35.4. The standard InChI is InChI=1S/C33H23N5O9S5/c34-33-35-31(22-6-5-18-3-1-2-4-19(18)11-22)32(48-33)37-36-23-9-7-21-13-25(10-8-20(21)12-23)49-38-24-14-27-28(29(15-24)51(42,43)44)16-26(50(39,40)41)17-30(27)52(45,46)47/h1-17,38H,(H2,34,35)(H,39,40,41)(H,42,43,44)(H,45,46,47). The van der Waals surface area contributed by atoms with E-state index in [0.717, 1.165) is 51.2 Å². The number of fused-ring (bicyclic) bond motifs is 3. The molecule has 6 N–H and O–H groups in total. The zero-order chi connectivity index (χ0) is 37.0. The van der Waals surface area contributed by atoms with Gasteiger partial charge < -0.3 is 10.5 Å². The summed E-state index contributed by atoms with van der Waals surface area (Å²) in [6.45, 7) is 0. The molecule has 0 unspecified atom stereocenters. The fraction of sp³-hybridized carbons (Fsp3) is 0. The van der Waals surface area contributed by atoms with Gasteiger partial charge in [-0.05, 0) is 88.1 Å². The molecule has 0 fully saturated rings. The van der Waals surface area contributed by atoms with Gasteiger partial charge >= 0.3 is 0 Å². The van der Waals surface area contributed by atoms with Crippen LogP contribution in [0.1, 0.15) is 0 Å². The number of hydrogen-bond donors (Lipinski definition) is 5. The molecule has 52 heavy (non-hydrogen) atoms. The summed E-state index contributed by atoms with van der Waals surface area (Å²) < 4.78 is 105. The predicted molar refractivity (Wildman–Crippen MR) is 200 cm³/mol. The van der Waals surface area contributed by atoms with Gasteiger partial charge in [-0.3, -0.25) is 13.7 Å². The molecule has 6 aromatic carbocycles. The van der Waals surface area contributed by atoms with Crippen LogP contribution in [0.5, 0.6) is 0 Å². The summed E-state index contributed by atoms with van der Waals surface area (Å²) in [5.41, 5.74) is 8.08. The normalized spacial score (nSPS) is 12.7. The van der Waals surface area contributed by atoms with E-state index in [-0.39, 0.29) is 5.69 Å². The lowest BCUT2D eigenvalue weighted by Crippen LogP contribution is -2.07. The zero-order valence-corrected chi connectivity index (χ0v) is 30.1. The van der Waals surface area contributed by atoms with Crippen molar-refractivity contribution in [3.8, 4) is 11.3 Å². The maximum absolute atomic E-state index is 12.3. The number of nitrogen functional groups attached to an aromatic ring is 1. The molecular weight excluding hydrogens is 771 g/mol. The number of nitrogens with two attached hydrogens (primary N) is 1. The van der Waals surface area contributed by atoms with Crippen molar-refractivity contribution >= 4 is 107 Å². The molecule has 0 atom stereocenters. The number of aromatic nitrogens is 1. The highest BCUT2D eigenvalue weighted by Gasteiger charge is 2.25. The lowest BCUT2D eigenvalue weighted by molar-refractivity contribution is 0.478. The Morgan fingerprint density at radius 1 is 0.654 bits per heavy atom. The van der Waals surface area contributed by atoms with Crippen LogP contribution in [0, 0.1) is 0 Å². The van der Waals surface area contributed by atoms with Crippen molar-refractivity contribution < 1.29 is 38.9 Å². The third kappa shape index (κ3) is 7.34. The van der Waals surface area contributed by atoms with E-state index in [0.29, 0.717) is 38.5 Å². The summed E-state index contributed by atoms with van der Waals surface area (Å²) in [5.74, 6) is 0. The van der Waals surface area contributed by atoms with Crippen LogP contribution in [0.25, 0.3) is 43.6 Å². The summed E-state index contributed by atoms with van der Waals surface area (Å²) in [4.78, 5) is 2.25. The van der Waals surface area contributed by atoms with Gasteiger partial charge in [-0.15, -0.1) is 10.2 Å². The number of azo groups is 1. The molecule has 19 heteroatoms. The minimum Gasteiger partial charge on any atom is -0.375 e. The van der Waals surface area contributed by atoms with Gasteiger partial charge in [-0.25, -0.2) is 4.98 Å². The van der Waals surface area contributed by atoms with E-state index in [1.54, 1.807) is 12.1 Å². The van der Waals surface area contributed by atoms with Gasteiger partial charge in [0.05, 0.1) is 10.6 Å². The topological polar surface area (TPSA) is 239 Å². The van der Waals surface area contributed by atoms with Crippen molar-refractivity contribution in [3.63, 3.8) is 0 Å². The Morgan fingerprint density at radius 2 is 1.29 bits per heavy atom. The molecule has 7 aromatic rings. The van der Waals surface area contributed by atoms with Crippen LogP contribution in [0.2, 0.25) is 0 Å². The van der Waals surface area contributed by atoms with Crippen molar-refractivity contribution in [2.45, 2.75) is 19.6 Å². The van der Waals surface area contributed by atoms with Gasteiger partial charge in [0.15, 0.2) is 10.1 Å². The van der Waals surface area contributed by atoms with Gasteiger partial charge in [0.25, 0.3) is 30.4 Å². The predicted octanol–water partition coefficient (Wildman–Crippen LogP) is 8.13. The van der Waals surface area contributed by atoms with Gasteiger partial charge in [-0.2, -0.15) is 25.3 Å². The quantitative estimate of drug-likeness (QED) is 0.0528. The highest BCUT2D eigenvalue weighted by molar-refractivity contribution is 8.00. The summed E-state index contributed by atoms with van der Waals surface area (Å²) in [7, 11) is -15.2. The highest BCUT2D eigenvalue weighted by Crippen LogP contribution is 2.40. The summed E-state index contributed by atoms with van der Waals surface area (Å²) >= 11 is 2.24.